The van der Waals surface area contributed by atoms with Crippen molar-refractivity contribution in [3.8, 4) is 0 Å². The number of quaternary nitrogens is 1. The normalized spacial score (nSPS) is 39.8. The maximum atomic E-state index is 5.74. The highest BCUT2D eigenvalue weighted by atomic mass is 16.5. The van der Waals surface area contributed by atoms with Gasteiger partial charge in [0.2, 0.25) is 0 Å². The first kappa shape index (κ1) is 10.0. The third-order valence-electron chi connectivity index (χ3n) is 2.67. The zero-order valence-corrected chi connectivity index (χ0v) is 8.60. The van der Waals surface area contributed by atoms with Gasteiger partial charge in [-0.1, -0.05) is 13.8 Å². The van der Waals surface area contributed by atoms with Crippen molar-refractivity contribution in [2.24, 2.45) is 0 Å². The van der Waals surface area contributed by atoms with Crippen molar-refractivity contribution in [1.29, 1.82) is 0 Å². The third-order valence-corrected chi connectivity index (χ3v) is 2.67. The Kier molecular flexibility index (Phi) is 3.53. The Morgan fingerprint density at radius 2 is 2.08 bits per heavy atom. The predicted molar refractivity (Wildman–Crippen MR) is 50.1 cm³/mol. The Bertz CT molecular complexity index is 114. The number of hydrogen-bond donors (Lipinski definition) is 1. The summed E-state index contributed by atoms with van der Waals surface area (Å²) in [6, 6.07) is 0. The highest BCUT2D eigenvalue weighted by Gasteiger charge is 2.45. The standard InChI is InChI=1S/C8H15NO.C2H6/c1-7-5-8(10-7)3-2-4-9-6-8;1-2/h7,9H,2-6H2,1H3;1-2H3/p+1. The largest absolute Gasteiger partial charge is 0.366 e. The van der Waals surface area contributed by atoms with Crippen LogP contribution < -0.4 is 5.32 Å². The number of nitrogens with two attached hydrogens (primary N) is 1. The molecule has 0 aromatic carbocycles. The molecule has 0 saturated carbocycles. The van der Waals surface area contributed by atoms with E-state index in [9.17, 15) is 0 Å². The summed E-state index contributed by atoms with van der Waals surface area (Å²) in [7, 11) is 0. The van der Waals surface area contributed by atoms with E-state index in [1.54, 1.807) is 0 Å². The molecule has 1 spiro atoms. The molecule has 2 rings (SSSR count). The first-order valence-corrected chi connectivity index (χ1v) is 5.30. The first-order valence-electron chi connectivity index (χ1n) is 5.30. The van der Waals surface area contributed by atoms with Crippen molar-refractivity contribution < 1.29 is 10.1 Å². The molecule has 12 heavy (non-hydrogen) atoms. The molecule has 2 aliphatic heterocycles. The van der Waals surface area contributed by atoms with Gasteiger partial charge < -0.3 is 10.1 Å². The van der Waals surface area contributed by atoms with Crippen LogP contribution in [0.15, 0.2) is 0 Å². The van der Waals surface area contributed by atoms with Crippen molar-refractivity contribution in [2.75, 3.05) is 13.1 Å². The van der Waals surface area contributed by atoms with Crippen molar-refractivity contribution in [2.45, 2.75) is 51.7 Å². The summed E-state index contributed by atoms with van der Waals surface area (Å²) in [5, 5.41) is 2.38. The minimum absolute atomic E-state index is 0.317. The fraction of sp³-hybridized carbons (Fsp3) is 1.00. The summed E-state index contributed by atoms with van der Waals surface area (Å²) in [5.41, 5.74) is 0.317. The third kappa shape index (κ3) is 1.99. The molecular formula is C10H22NO+. The van der Waals surface area contributed by atoms with Gasteiger partial charge in [0.25, 0.3) is 0 Å². The summed E-state index contributed by atoms with van der Waals surface area (Å²) >= 11 is 0. The van der Waals surface area contributed by atoms with Crippen LogP contribution in [-0.4, -0.2) is 24.8 Å². The van der Waals surface area contributed by atoms with Crippen LogP contribution in [-0.2, 0) is 4.74 Å². The molecule has 0 aromatic heterocycles. The topological polar surface area (TPSA) is 25.8 Å². The zero-order chi connectivity index (χ0) is 9.03. The monoisotopic (exact) mass is 172 g/mol. The van der Waals surface area contributed by atoms with E-state index in [0.29, 0.717) is 11.7 Å². The summed E-state index contributed by atoms with van der Waals surface area (Å²) in [4.78, 5) is 0. The average molecular weight is 172 g/mol. The molecule has 2 atom stereocenters. The highest BCUT2D eigenvalue weighted by Crippen LogP contribution is 2.35. The van der Waals surface area contributed by atoms with E-state index in [2.05, 4.69) is 12.2 Å². The van der Waals surface area contributed by atoms with Crippen molar-refractivity contribution in [3.05, 3.63) is 0 Å². The summed E-state index contributed by atoms with van der Waals surface area (Å²) in [6.07, 6.45) is 4.47. The SMILES string of the molecule is CC.CC1CC2(CCC[NH2+]C2)O1. The van der Waals surface area contributed by atoms with Crippen LogP contribution in [0.1, 0.15) is 40.0 Å². The molecule has 72 valence electrons. The van der Waals surface area contributed by atoms with Gasteiger partial charge in [-0.25, -0.2) is 0 Å². The Morgan fingerprint density at radius 1 is 1.42 bits per heavy atom. The molecule has 2 heterocycles. The van der Waals surface area contributed by atoms with Gasteiger partial charge in [0.15, 0.2) is 0 Å². The van der Waals surface area contributed by atoms with Crippen LogP contribution in [0, 0.1) is 0 Å². The minimum atomic E-state index is 0.317. The maximum absolute atomic E-state index is 5.74. The van der Waals surface area contributed by atoms with Crippen LogP contribution in [0.25, 0.3) is 0 Å². The van der Waals surface area contributed by atoms with Crippen LogP contribution in [0.5, 0.6) is 0 Å². The molecule has 2 saturated heterocycles. The van der Waals surface area contributed by atoms with E-state index in [-0.39, 0.29) is 0 Å². The second-order valence-corrected chi connectivity index (χ2v) is 3.70. The van der Waals surface area contributed by atoms with Gasteiger partial charge in [0.05, 0.1) is 12.6 Å². The van der Waals surface area contributed by atoms with Crippen LogP contribution >= 0.6 is 0 Å². The lowest BCUT2D eigenvalue weighted by molar-refractivity contribution is -0.683. The van der Waals surface area contributed by atoms with E-state index in [1.807, 2.05) is 13.8 Å². The Hall–Kier alpha value is -0.0800. The van der Waals surface area contributed by atoms with Gasteiger partial charge in [-0.3, -0.25) is 0 Å². The molecule has 0 bridgehead atoms. The summed E-state index contributed by atoms with van der Waals surface area (Å²) < 4.78 is 5.74. The van der Waals surface area contributed by atoms with Gasteiger partial charge in [-0.15, -0.1) is 0 Å². The van der Waals surface area contributed by atoms with E-state index in [4.69, 9.17) is 4.74 Å². The predicted octanol–water partition coefficient (Wildman–Crippen LogP) is 0.917. The van der Waals surface area contributed by atoms with Gasteiger partial charge in [0, 0.05) is 6.42 Å². The molecule has 2 nitrogen and oxygen atoms in total. The van der Waals surface area contributed by atoms with E-state index in [0.717, 1.165) is 0 Å². The van der Waals surface area contributed by atoms with E-state index in [1.165, 1.54) is 32.4 Å². The Labute approximate surface area is 75.7 Å². The molecule has 0 aliphatic carbocycles. The molecular weight excluding hydrogens is 150 g/mol. The Balaban J connectivity index is 0.000000336. The molecule has 0 aromatic rings. The van der Waals surface area contributed by atoms with Crippen LogP contribution in [0.2, 0.25) is 0 Å². The van der Waals surface area contributed by atoms with Gasteiger partial charge >= 0.3 is 0 Å². The molecule has 2 heteroatoms. The minimum Gasteiger partial charge on any atom is -0.366 e. The fourth-order valence-electron chi connectivity index (χ4n) is 2.27. The number of hydrogen-bond acceptors (Lipinski definition) is 1. The molecule has 2 unspecified atom stereocenters. The van der Waals surface area contributed by atoms with Crippen molar-refractivity contribution in [3.63, 3.8) is 0 Å². The molecule has 2 aliphatic rings. The Morgan fingerprint density at radius 3 is 2.50 bits per heavy atom. The van der Waals surface area contributed by atoms with Crippen molar-refractivity contribution >= 4 is 0 Å². The van der Waals surface area contributed by atoms with Gasteiger partial charge in [-0.2, -0.15) is 0 Å². The average Bonchev–Trinajstić information content (AvgIpc) is 2.08. The van der Waals surface area contributed by atoms with Gasteiger partial charge in [0.1, 0.15) is 12.1 Å². The lowest BCUT2D eigenvalue weighted by Gasteiger charge is -2.47. The van der Waals surface area contributed by atoms with Gasteiger partial charge in [-0.05, 0) is 19.8 Å². The number of rotatable bonds is 0. The zero-order valence-electron chi connectivity index (χ0n) is 8.60. The first-order chi connectivity index (χ1) is 5.81. The van der Waals surface area contributed by atoms with Crippen molar-refractivity contribution in [1.82, 2.24) is 0 Å². The fourth-order valence-corrected chi connectivity index (χ4v) is 2.27. The number of ether oxygens (including phenoxy) is 1. The smallest absolute Gasteiger partial charge is 0.120 e. The summed E-state index contributed by atoms with van der Waals surface area (Å²) in [6.45, 7) is 8.68. The maximum Gasteiger partial charge on any atom is 0.120 e. The molecule has 0 amide bonds. The second-order valence-electron chi connectivity index (χ2n) is 3.70. The van der Waals surface area contributed by atoms with Crippen LogP contribution in [0.3, 0.4) is 0 Å². The summed E-state index contributed by atoms with van der Waals surface area (Å²) in [5.74, 6) is 0. The lowest BCUT2D eigenvalue weighted by atomic mass is 9.83. The van der Waals surface area contributed by atoms with Crippen LogP contribution in [0.4, 0.5) is 0 Å². The molecule has 0 radical (unpaired) electrons. The highest BCUT2D eigenvalue weighted by molar-refractivity contribution is 4.92. The molecule has 2 N–H and O–H groups in total. The molecule has 2 fully saturated rings. The second kappa shape index (κ2) is 4.24. The lowest BCUT2D eigenvalue weighted by Crippen LogP contribution is -2.92. The number of piperidine rings is 1. The van der Waals surface area contributed by atoms with E-state index < -0.39 is 0 Å². The quantitative estimate of drug-likeness (QED) is 0.577. The van der Waals surface area contributed by atoms with E-state index >= 15 is 0 Å².